The lowest BCUT2D eigenvalue weighted by atomic mass is 9.30. The number of aromatic nitrogens is 4. The summed E-state index contributed by atoms with van der Waals surface area (Å²) in [6.07, 6.45) is 5.86. The minimum absolute atomic E-state index is 0.232. The summed E-state index contributed by atoms with van der Waals surface area (Å²) >= 11 is 0. The van der Waals surface area contributed by atoms with Crippen LogP contribution in [0.1, 0.15) is 0 Å². The maximum atomic E-state index is 6.03. The Morgan fingerprint density at radius 3 is 1.29 bits per heavy atom. The summed E-state index contributed by atoms with van der Waals surface area (Å²) in [4.78, 5) is 36.4. The lowest BCUT2D eigenvalue weighted by Crippen LogP contribution is -2.65. The van der Waals surface area contributed by atoms with Crippen molar-refractivity contribution in [2.75, 3.05) is 29.4 Å². The molecule has 430 valence electrons. The molecule has 0 spiro atoms. The minimum Gasteiger partial charge on any atom is -0.311 e. The van der Waals surface area contributed by atoms with Crippen molar-refractivity contribution in [3.63, 3.8) is 0 Å². The molecular formula is C80H54B2N10. The SMILES string of the molecule is c1ccc(N(c2ccccc2)c2cc3c4c(c2)N(c2ccccc2)c2cc5c(cc2B4c2ccccc2N3c2ccccc2)B2c3cnccc3N(c3ccccc3)c3nc(N(c4ccccc4)c4ccccc4)nc(c32)N5c2ccccc2-c2ccccn2)cc1. The van der Waals surface area contributed by atoms with Gasteiger partial charge >= 0.3 is 0 Å². The van der Waals surface area contributed by atoms with Crippen molar-refractivity contribution in [2.45, 2.75) is 0 Å². The zero-order valence-electron chi connectivity index (χ0n) is 49.8. The highest BCUT2D eigenvalue weighted by atomic mass is 15.3. The smallest absolute Gasteiger partial charge is 0.258 e. The number of rotatable bonds is 11. The van der Waals surface area contributed by atoms with Crippen LogP contribution in [0.3, 0.4) is 0 Å². The van der Waals surface area contributed by atoms with E-state index in [9.17, 15) is 0 Å². The summed E-state index contributed by atoms with van der Waals surface area (Å²) < 4.78 is 0. The van der Waals surface area contributed by atoms with E-state index in [1.54, 1.807) is 0 Å². The second-order valence-electron chi connectivity index (χ2n) is 23.4. The molecule has 0 aliphatic carbocycles. The molecule has 0 radical (unpaired) electrons. The van der Waals surface area contributed by atoms with E-state index in [2.05, 4.69) is 339 Å². The van der Waals surface area contributed by atoms with Crippen LogP contribution in [-0.4, -0.2) is 33.4 Å². The molecule has 0 atom stereocenters. The minimum atomic E-state index is -0.392. The van der Waals surface area contributed by atoms with Crippen molar-refractivity contribution >= 4 is 149 Å². The zero-order chi connectivity index (χ0) is 60.6. The van der Waals surface area contributed by atoms with E-state index < -0.39 is 6.71 Å². The number of pyridine rings is 2. The van der Waals surface area contributed by atoms with Crippen LogP contribution in [0.2, 0.25) is 0 Å². The molecule has 0 unspecified atom stereocenters. The Kier molecular flexibility index (Phi) is 12.5. The second kappa shape index (κ2) is 21.8. The third-order valence-electron chi connectivity index (χ3n) is 18.3. The van der Waals surface area contributed by atoms with Crippen LogP contribution < -0.4 is 62.2 Å². The molecule has 92 heavy (non-hydrogen) atoms. The highest BCUT2D eigenvalue weighted by Gasteiger charge is 2.50. The van der Waals surface area contributed by atoms with Crippen LogP contribution in [0.15, 0.2) is 328 Å². The van der Waals surface area contributed by atoms with Crippen molar-refractivity contribution in [1.82, 2.24) is 19.9 Å². The Balaban J connectivity index is 0.985. The fraction of sp³-hybridized carbons (Fsp3) is 0. The first-order valence-corrected chi connectivity index (χ1v) is 31.2. The molecule has 12 heteroatoms. The molecule has 11 aromatic carbocycles. The average molecular weight is 1180 g/mol. The average Bonchev–Trinajstić information content (AvgIpc) is 0.688. The molecule has 14 aromatic rings. The van der Waals surface area contributed by atoms with Crippen LogP contribution in [0.5, 0.6) is 0 Å². The maximum Gasteiger partial charge on any atom is 0.258 e. The number of fused-ring (bicyclic) bond motifs is 8. The van der Waals surface area contributed by atoms with E-state index in [-0.39, 0.29) is 6.71 Å². The summed E-state index contributed by atoms with van der Waals surface area (Å²) in [7, 11) is 0. The number of hydrogen-bond donors (Lipinski definition) is 0. The lowest BCUT2D eigenvalue weighted by molar-refractivity contribution is 1.04. The monoisotopic (exact) mass is 1180 g/mol. The Bertz CT molecular complexity index is 5020. The first-order valence-electron chi connectivity index (χ1n) is 31.2. The summed E-state index contributed by atoms with van der Waals surface area (Å²) in [6, 6.07) is 111. The molecule has 7 heterocycles. The van der Waals surface area contributed by atoms with Crippen LogP contribution in [0.4, 0.5) is 103 Å². The van der Waals surface area contributed by atoms with E-state index >= 15 is 0 Å². The van der Waals surface area contributed by atoms with Gasteiger partial charge in [-0.1, -0.05) is 176 Å². The molecule has 3 aromatic heterocycles. The molecule has 4 aliphatic rings. The van der Waals surface area contributed by atoms with Gasteiger partial charge in [0, 0.05) is 104 Å². The number of para-hydroxylation sites is 9. The van der Waals surface area contributed by atoms with Gasteiger partial charge in [0.2, 0.25) is 5.95 Å². The Morgan fingerprint density at radius 2 is 0.728 bits per heavy atom. The molecule has 10 nitrogen and oxygen atoms in total. The molecule has 18 rings (SSSR count). The molecular weight excluding hydrogens is 1120 g/mol. The molecule has 0 fully saturated rings. The highest BCUT2D eigenvalue weighted by Crippen LogP contribution is 2.52. The van der Waals surface area contributed by atoms with Gasteiger partial charge in [0.25, 0.3) is 13.4 Å². The quantitative estimate of drug-likeness (QED) is 0.117. The van der Waals surface area contributed by atoms with E-state index in [0.717, 1.165) is 125 Å². The predicted octanol–water partition coefficient (Wildman–Crippen LogP) is 16.0. The molecule has 0 bridgehead atoms. The molecule has 0 amide bonds. The van der Waals surface area contributed by atoms with Crippen molar-refractivity contribution in [3.8, 4) is 11.3 Å². The Hall–Kier alpha value is -12.3. The van der Waals surface area contributed by atoms with E-state index in [0.29, 0.717) is 5.95 Å². The van der Waals surface area contributed by atoms with Crippen LogP contribution >= 0.6 is 0 Å². The van der Waals surface area contributed by atoms with Crippen molar-refractivity contribution in [1.29, 1.82) is 0 Å². The van der Waals surface area contributed by atoms with Crippen molar-refractivity contribution in [3.05, 3.63) is 328 Å². The number of anilines is 18. The Labute approximate surface area is 534 Å². The van der Waals surface area contributed by atoms with Gasteiger partial charge in [-0.2, -0.15) is 9.97 Å². The summed E-state index contributed by atoms with van der Waals surface area (Å²) in [5, 5.41) is 0. The topological polar surface area (TPSA) is 71.0 Å². The summed E-state index contributed by atoms with van der Waals surface area (Å²) in [5.41, 5.74) is 23.7. The number of nitrogens with zero attached hydrogens (tertiary/aromatic N) is 10. The van der Waals surface area contributed by atoms with Gasteiger partial charge in [0.1, 0.15) is 11.6 Å². The molecule has 0 saturated heterocycles. The van der Waals surface area contributed by atoms with Crippen LogP contribution in [0, 0.1) is 0 Å². The Morgan fingerprint density at radius 1 is 0.283 bits per heavy atom. The van der Waals surface area contributed by atoms with E-state index in [1.807, 2.05) is 18.5 Å². The van der Waals surface area contributed by atoms with Gasteiger partial charge in [0.05, 0.1) is 17.1 Å². The second-order valence-corrected chi connectivity index (χ2v) is 23.4. The standard InChI is InChI=1S/C80H54B2N10/c1-8-28-55(29-9-1)87(56-30-10-2-11-31-56)62-50-74-76-75(51-62)90(60-38-18-6-19-39-60)72-53-73-66(52-65(72)81(76)64-43-23-25-46-70(64)89(74)59-36-16-5-17-37-59)82-67-54-83-49-47-71(67)91(61-40-20-7-21-41-61)78-77(82)79(92(73)69-45-24-22-42-63(69)68-44-26-27-48-84-68)86-80(85-78)88(57-32-12-3-13-33-57)58-34-14-4-15-35-58/h1-54H. The summed E-state index contributed by atoms with van der Waals surface area (Å²) in [5.74, 6) is 2.03. The van der Waals surface area contributed by atoms with Crippen molar-refractivity contribution < 1.29 is 0 Å². The lowest BCUT2D eigenvalue weighted by Gasteiger charge is -2.47. The fourth-order valence-electron chi connectivity index (χ4n) is 14.5. The van der Waals surface area contributed by atoms with E-state index in [1.165, 1.54) is 16.4 Å². The largest absolute Gasteiger partial charge is 0.311 e. The third-order valence-corrected chi connectivity index (χ3v) is 18.3. The first-order chi connectivity index (χ1) is 45.7. The van der Waals surface area contributed by atoms with Gasteiger partial charge < -0.3 is 14.7 Å². The third kappa shape index (κ3) is 8.45. The maximum absolute atomic E-state index is 6.03. The van der Waals surface area contributed by atoms with Gasteiger partial charge in [0.15, 0.2) is 0 Å². The summed E-state index contributed by atoms with van der Waals surface area (Å²) in [6.45, 7) is -0.624. The molecule has 0 N–H and O–H groups in total. The molecule has 4 aliphatic heterocycles. The predicted molar refractivity (Wildman–Crippen MR) is 380 cm³/mol. The van der Waals surface area contributed by atoms with E-state index in [4.69, 9.17) is 19.9 Å². The molecule has 0 saturated carbocycles. The highest BCUT2D eigenvalue weighted by molar-refractivity contribution is 7.03. The van der Waals surface area contributed by atoms with Gasteiger partial charge in [-0.3, -0.25) is 24.7 Å². The number of benzene rings is 11. The van der Waals surface area contributed by atoms with Crippen molar-refractivity contribution in [2.24, 2.45) is 0 Å². The van der Waals surface area contributed by atoms with Gasteiger partial charge in [-0.15, -0.1) is 0 Å². The van der Waals surface area contributed by atoms with Crippen LogP contribution in [-0.2, 0) is 0 Å². The first kappa shape index (κ1) is 52.8. The fourth-order valence-corrected chi connectivity index (χ4v) is 14.5. The van der Waals surface area contributed by atoms with Gasteiger partial charge in [-0.05, 0) is 161 Å². The van der Waals surface area contributed by atoms with Crippen LogP contribution in [0.25, 0.3) is 11.3 Å². The zero-order valence-corrected chi connectivity index (χ0v) is 49.8. The van der Waals surface area contributed by atoms with Gasteiger partial charge in [-0.25, -0.2) is 0 Å². The normalized spacial score (nSPS) is 12.9. The number of hydrogen-bond acceptors (Lipinski definition) is 10.